The second-order valence-electron chi connectivity index (χ2n) is 6.38. The van der Waals surface area contributed by atoms with Crippen molar-refractivity contribution in [3.8, 4) is 0 Å². The van der Waals surface area contributed by atoms with E-state index in [1.54, 1.807) is 6.07 Å². The van der Waals surface area contributed by atoms with E-state index in [0.29, 0.717) is 5.02 Å². The summed E-state index contributed by atoms with van der Waals surface area (Å²) in [7, 11) is 0. The maximum absolute atomic E-state index is 12.7. The Morgan fingerprint density at radius 3 is 2.69 bits per heavy atom. The zero-order valence-electron chi connectivity index (χ0n) is 14.6. The third-order valence-corrected chi connectivity index (χ3v) is 5.55. The van der Waals surface area contributed by atoms with Crippen LogP contribution in [0.4, 0.5) is 11.4 Å². The molecule has 26 heavy (non-hydrogen) atoms. The summed E-state index contributed by atoms with van der Waals surface area (Å²) in [5, 5.41) is 8.35. The van der Waals surface area contributed by atoms with Gasteiger partial charge in [-0.2, -0.15) is 0 Å². The van der Waals surface area contributed by atoms with Crippen molar-refractivity contribution in [3.05, 3.63) is 45.6 Å². The predicted molar refractivity (Wildman–Crippen MR) is 107 cm³/mol. The zero-order valence-corrected chi connectivity index (χ0v) is 16.2. The number of anilines is 2. The number of carbonyl (C=O) groups excluding carboxylic acids is 2. The van der Waals surface area contributed by atoms with Crippen molar-refractivity contribution in [3.63, 3.8) is 0 Å². The highest BCUT2D eigenvalue weighted by Gasteiger charge is 2.21. The zero-order chi connectivity index (χ0) is 18.5. The van der Waals surface area contributed by atoms with Crippen LogP contribution in [-0.2, 0) is 9.59 Å². The number of halogens is 1. The molecule has 1 aliphatic rings. The van der Waals surface area contributed by atoms with Gasteiger partial charge in [0.25, 0.3) is 0 Å². The molecule has 0 saturated carbocycles. The maximum Gasteiger partial charge on any atom is 0.226 e. The second kappa shape index (κ2) is 8.56. The van der Waals surface area contributed by atoms with Crippen LogP contribution < -0.4 is 15.5 Å². The van der Waals surface area contributed by atoms with Crippen molar-refractivity contribution >= 4 is 46.1 Å². The third kappa shape index (κ3) is 4.77. The molecule has 2 aromatic rings. The molecule has 3 rings (SSSR count). The van der Waals surface area contributed by atoms with Gasteiger partial charge in [-0.1, -0.05) is 17.7 Å². The molecule has 2 N–H and O–H groups in total. The fraction of sp³-hybridized carbons (Fsp3) is 0.368. The van der Waals surface area contributed by atoms with E-state index in [1.807, 2.05) is 29.6 Å². The average molecular weight is 392 g/mol. The minimum Gasteiger partial charge on any atom is -0.370 e. The number of amides is 2. The smallest absolute Gasteiger partial charge is 0.226 e. The molecule has 7 heteroatoms. The van der Waals surface area contributed by atoms with Gasteiger partial charge >= 0.3 is 0 Å². The van der Waals surface area contributed by atoms with E-state index in [0.717, 1.165) is 42.2 Å². The minimum absolute atomic E-state index is 0.153. The lowest BCUT2D eigenvalue weighted by Gasteiger charge is -2.22. The lowest BCUT2D eigenvalue weighted by Crippen LogP contribution is -2.29. The van der Waals surface area contributed by atoms with Gasteiger partial charge < -0.3 is 15.5 Å². The summed E-state index contributed by atoms with van der Waals surface area (Å²) in [5.74, 6) is -0.309. The molecule has 0 aliphatic carbocycles. The molecule has 1 saturated heterocycles. The van der Waals surface area contributed by atoms with E-state index in [2.05, 4.69) is 15.5 Å². The molecular formula is C19H22ClN3O2S. The summed E-state index contributed by atoms with van der Waals surface area (Å²) in [5.41, 5.74) is 1.71. The molecule has 5 nitrogen and oxygen atoms in total. The Kier molecular flexibility index (Phi) is 6.16. The van der Waals surface area contributed by atoms with E-state index in [1.165, 1.54) is 18.3 Å². The van der Waals surface area contributed by atoms with Crippen LogP contribution in [-0.4, -0.2) is 24.9 Å². The topological polar surface area (TPSA) is 61.4 Å². The summed E-state index contributed by atoms with van der Waals surface area (Å²) < 4.78 is 0. The van der Waals surface area contributed by atoms with Crippen molar-refractivity contribution in [1.29, 1.82) is 0 Å². The predicted octanol–water partition coefficient (Wildman–Crippen LogP) is 4.21. The molecule has 1 aromatic carbocycles. The fourth-order valence-corrected chi connectivity index (χ4v) is 4.14. The molecule has 2 heterocycles. The Hall–Kier alpha value is -2.05. The maximum atomic E-state index is 12.7. The summed E-state index contributed by atoms with van der Waals surface area (Å²) >= 11 is 7.66. The Bertz CT molecular complexity index is 773. The lowest BCUT2D eigenvalue weighted by atomic mass is 10.1. The summed E-state index contributed by atoms with van der Waals surface area (Å²) in [4.78, 5) is 27.4. The van der Waals surface area contributed by atoms with E-state index >= 15 is 0 Å². The van der Waals surface area contributed by atoms with Crippen molar-refractivity contribution in [2.24, 2.45) is 0 Å². The number of rotatable bonds is 6. The summed E-state index contributed by atoms with van der Waals surface area (Å²) in [6.07, 6.45) is 2.48. The van der Waals surface area contributed by atoms with Gasteiger partial charge in [-0.3, -0.25) is 9.59 Å². The van der Waals surface area contributed by atoms with Crippen molar-refractivity contribution in [1.82, 2.24) is 5.32 Å². The van der Waals surface area contributed by atoms with Gasteiger partial charge in [0.1, 0.15) is 0 Å². The first-order valence-corrected chi connectivity index (χ1v) is 9.93. The third-order valence-electron chi connectivity index (χ3n) is 4.33. The van der Waals surface area contributed by atoms with Gasteiger partial charge in [0, 0.05) is 29.9 Å². The molecule has 138 valence electrons. The number of hydrogen-bond donors (Lipinski definition) is 2. The van der Waals surface area contributed by atoms with Crippen LogP contribution in [0.1, 0.15) is 37.1 Å². The van der Waals surface area contributed by atoms with Gasteiger partial charge in [0.2, 0.25) is 11.8 Å². The fourth-order valence-electron chi connectivity index (χ4n) is 3.19. The Labute approximate surface area is 162 Å². The first-order valence-electron chi connectivity index (χ1n) is 8.68. The number of benzene rings is 1. The summed E-state index contributed by atoms with van der Waals surface area (Å²) in [6, 6.07) is 9.08. The molecular weight excluding hydrogens is 370 g/mol. The highest BCUT2D eigenvalue weighted by Crippen LogP contribution is 2.32. The monoisotopic (exact) mass is 391 g/mol. The van der Waals surface area contributed by atoms with Crippen LogP contribution in [0.2, 0.25) is 5.02 Å². The average Bonchev–Trinajstić information content (AvgIpc) is 3.28. The SMILES string of the molecule is CC(=O)N[C@@H](CC(=O)Nc1cc(Cl)ccc1N1CCCC1)c1cccs1. The molecule has 1 fully saturated rings. The Morgan fingerprint density at radius 1 is 1.27 bits per heavy atom. The normalized spacial score (nSPS) is 14.9. The van der Waals surface area contributed by atoms with Crippen LogP contribution in [0.3, 0.4) is 0 Å². The quantitative estimate of drug-likeness (QED) is 0.775. The number of thiophene rings is 1. The highest BCUT2D eigenvalue weighted by molar-refractivity contribution is 7.10. The number of nitrogens with one attached hydrogen (secondary N) is 2. The Morgan fingerprint density at radius 2 is 2.04 bits per heavy atom. The van der Waals surface area contributed by atoms with E-state index in [9.17, 15) is 9.59 Å². The number of hydrogen-bond acceptors (Lipinski definition) is 4. The lowest BCUT2D eigenvalue weighted by molar-refractivity contribution is -0.120. The summed E-state index contributed by atoms with van der Waals surface area (Å²) in [6.45, 7) is 3.42. The van der Waals surface area contributed by atoms with E-state index in [4.69, 9.17) is 11.6 Å². The van der Waals surface area contributed by atoms with Gasteiger partial charge in [0.05, 0.1) is 23.8 Å². The van der Waals surface area contributed by atoms with Crippen molar-refractivity contribution < 1.29 is 9.59 Å². The standard InChI is InChI=1S/C19H22ClN3O2S/c1-13(24)21-16(18-5-4-10-26-18)12-19(25)22-15-11-14(20)6-7-17(15)23-8-2-3-9-23/h4-7,10-11,16H,2-3,8-9,12H2,1H3,(H,21,24)(H,22,25)/t16-/m0/s1. The van der Waals surface area contributed by atoms with Gasteiger partial charge in [0.15, 0.2) is 0 Å². The molecule has 0 spiro atoms. The molecule has 1 atom stereocenters. The van der Waals surface area contributed by atoms with E-state index in [-0.39, 0.29) is 24.3 Å². The van der Waals surface area contributed by atoms with Crippen LogP contribution in [0.5, 0.6) is 0 Å². The molecule has 2 amide bonds. The van der Waals surface area contributed by atoms with Crippen molar-refractivity contribution in [2.45, 2.75) is 32.2 Å². The molecule has 1 aromatic heterocycles. The first kappa shape index (κ1) is 18.7. The van der Waals surface area contributed by atoms with Crippen LogP contribution in [0.25, 0.3) is 0 Å². The van der Waals surface area contributed by atoms with Gasteiger partial charge in [-0.15, -0.1) is 11.3 Å². The second-order valence-corrected chi connectivity index (χ2v) is 7.79. The minimum atomic E-state index is -0.332. The van der Waals surface area contributed by atoms with E-state index < -0.39 is 0 Å². The van der Waals surface area contributed by atoms with Crippen LogP contribution in [0, 0.1) is 0 Å². The van der Waals surface area contributed by atoms with Gasteiger partial charge in [-0.05, 0) is 42.5 Å². The van der Waals surface area contributed by atoms with Gasteiger partial charge in [-0.25, -0.2) is 0 Å². The van der Waals surface area contributed by atoms with Crippen LogP contribution in [0.15, 0.2) is 35.7 Å². The molecule has 0 unspecified atom stereocenters. The highest BCUT2D eigenvalue weighted by atomic mass is 35.5. The Balaban J connectivity index is 1.74. The molecule has 0 bridgehead atoms. The number of carbonyl (C=O) groups is 2. The molecule has 0 radical (unpaired) electrons. The first-order chi connectivity index (χ1) is 12.5. The van der Waals surface area contributed by atoms with Crippen molar-refractivity contribution in [2.75, 3.05) is 23.3 Å². The number of nitrogens with zero attached hydrogens (tertiary/aromatic N) is 1. The van der Waals surface area contributed by atoms with Crippen LogP contribution >= 0.6 is 22.9 Å². The molecule has 1 aliphatic heterocycles. The largest absolute Gasteiger partial charge is 0.370 e.